The predicted molar refractivity (Wildman–Crippen MR) is 93.1 cm³/mol. The van der Waals surface area contributed by atoms with Crippen molar-refractivity contribution in [3.8, 4) is 17.2 Å². The molecule has 1 aliphatic rings. The van der Waals surface area contributed by atoms with Crippen molar-refractivity contribution in [3.05, 3.63) is 48.4 Å². The van der Waals surface area contributed by atoms with Crippen LogP contribution in [0.5, 0.6) is 5.75 Å². The van der Waals surface area contributed by atoms with Gasteiger partial charge in [0.2, 0.25) is 5.89 Å². The molecule has 0 atom stereocenters. The summed E-state index contributed by atoms with van der Waals surface area (Å²) in [5.74, 6) is 1.49. The highest BCUT2D eigenvalue weighted by molar-refractivity contribution is 5.91. The summed E-state index contributed by atoms with van der Waals surface area (Å²) in [4.78, 5) is 16.0. The predicted octanol–water partition coefficient (Wildman–Crippen LogP) is 2.30. The zero-order chi connectivity index (χ0) is 17.9. The maximum Gasteiger partial charge on any atom is 0.318 e. The number of furan rings is 1. The van der Waals surface area contributed by atoms with Crippen LogP contribution < -0.4 is 9.64 Å². The van der Waals surface area contributed by atoms with Crippen molar-refractivity contribution in [2.75, 3.05) is 38.2 Å². The topological polar surface area (TPSA) is 84.8 Å². The zero-order valence-electron chi connectivity index (χ0n) is 14.3. The lowest BCUT2D eigenvalue weighted by Crippen LogP contribution is -2.48. The summed E-state index contributed by atoms with van der Waals surface area (Å²) in [7, 11) is 1.62. The van der Waals surface area contributed by atoms with Crippen molar-refractivity contribution in [3.63, 3.8) is 0 Å². The fourth-order valence-electron chi connectivity index (χ4n) is 2.85. The molecule has 0 saturated carbocycles. The van der Waals surface area contributed by atoms with Gasteiger partial charge in [0.15, 0.2) is 5.76 Å². The number of anilines is 1. The minimum atomic E-state index is -0.0981. The van der Waals surface area contributed by atoms with Gasteiger partial charge in [-0.25, -0.2) is 0 Å². The van der Waals surface area contributed by atoms with Crippen LogP contribution in [0.3, 0.4) is 0 Å². The van der Waals surface area contributed by atoms with Crippen LogP contribution in [0.25, 0.3) is 11.5 Å². The molecule has 3 heterocycles. The highest BCUT2D eigenvalue weighted by atomic mass is 16.5. The highest BCUT2D eigenvalue weighted by Gasteiger charge is 2.26. The van der Waals surface area contributed by atoms with Gasteiger partial charge in [-0.2, -0.15) is 0 Å². The van der Waals surface area contributed by atoms with Crippen molar-refractivity contribution in [1.29, 1.82) is 0 Å². The number of aromatic nitrogens is 2. The van der Waals surface area contributed by atoms with Gasteiger partial charge in [-0.15, -0.1) is 5.10 Å². The molecular weight excluding hydrogens is 336 g/mol. The monoisotopic (exact) mass is 354 g/mol. The second-order valence-electron chi connectivity index (χ2n) is 5.87. The van der Waals surface area contributed by atoms with Crippen LogP contribution in [0.1, 0.15) is 10.6 Å². The van der Waals surface area contributed by atoms with E-state index in [0.29, 0.717) is 43.8 Å². The van der Waals surface area contributed by atoms with Crippen LogP contribution in [0.15, 0.2) is 51.5 Å². The minimum absolute atomic E-state index is 0.0981. The molecule has 4 rings (SSSR count). The number of amides is 1. The third kappa shape index (κ3) is 3.13. The van der Waals surface area contributed by atoms with Gasteiger partial charge in [0.25, 0.3) is 5.91 Å². The van der Waals surface area contributed by atoms with Crippen molar-refractivity contribution in [1.82, 2.24) is 15.1 Å². The Morgan fingerprint density at radius 3 is 2.50 bits per heavy atom. The molecule has 0 spiro atoms. The number of benzene rings is 1. The first-order valence-electron chi connectivity index (χ1n) is 8.30. The van der Waals surface area contributed by atoms with Crippen LogP contribution in [0.4, 0.5) is 6.01 Å². The van der Waals surface area contributed by atoms with Gasteiger partial charge in [0, 0.05) is 31.7 Å². The zero-order valence-corrected chi connectivity index (χ0v) is 14.3. The molecule has 1 fully saturated rings. The average molecular weight is 354 g/mol. The van der Waals surface area contributed by atoms with Crippen LogP contribution in [-0.2, 0) is 0 Å². The molecule has 1 aromatic carbocycles. The molecule has 0 unspecified atom stereocenters. The second-order valence-corrected chi connectivity index (χ2v) is 5.87. The van der Waals surface area contributed by atoms with E-state index in [2.05, 4.69) is 10.2 Å². The lowest BCUT2D eigenvalue weighted by atomic mass is 10.2. The number of nitrogens with zero attached hydrogens (tertiary/aromatic N) is 4. The molecule has 1 aliphatic heterocycles. The Kier molecular flexibility index (Phi) is 4.30. The molecule has 0 bridgehead atoms. The van der Waals surface area contributed by atoms with Crippen LogP contribution in [0, 0.1) is 0 Å². The van der Waals surface area contributed by atoms with Crippen molar-refractivity contribution >= 4 is 11.9 Å². The molecule has 8 heteroatoms. The number of hydrogen-bond acceptors (Lipinski definition) is 7. The van der Waals surface area contributed by atoms with Crippen LogP contribution in [0.2, 0.25) is 0 Å². The Morgan fingerprint density at radius 1 is 1.08 bits per heavy atom. The lowest BCUT2D eigenvalue weighted by Gasteiger charge is -2.33. The summed E-state index contributed by atoms with van der Waals surface area (Å²) in [6.45, 7) is 2.38. The summed E-state index contributed by atoms with van der Waals surface area (Å²) in [5.41, 5.74) is 0.830. The van der Waals surface area contributed by atoms with Crippen LogP contribution in [-0.4, -0.2) is 54.3 Å². The maximum atomic E-state index is 12.3. The second kappa shape index (κ2) is 6.91. The number of piperazine rings is 1. The van der Waals surface area contributed by atoms with Crippen molar-refractivity contribution in [2.45, 2.75) is 0 Å². The van der Waals surface area contributed by atoms with E-state index in [1.54, 1.807) is 24.1 Å². The average Bonchev–Trinajstić information content (AvgIpc) is 3.40. The van der Waals surface area contributed by atoms with E-state index in [9.17, 15) is 4.79 Å². The maximum absolute atomic E-state index is 12.3. The van der Waals surface area contributed by atoms with Gasteiger partial charge in [-0.1, -0.05) is 5.10 Å². The Hall–Kier alpha value is -3.29. The third-order valence-electron chi connectivity index (χ3n) is 4.32. The number of hydrogen-bond donors (Lipinski definition) is 0. The van der Waals surface area contributed by atoms with Crippen LogP contribution >= 0.6 is 0 Å². The van der Waals surface area contributed by atoms with Crippen molar-refractivity contribution in [2.24, 2.45) is 0 Å². The van der Waals surface area contributed by atoms with E-state index in [-0.39, 0.29) is 5.91 Å². The van der Waals surface area contributed by atoms with E-state index in [4.69, 9.17) is 13.6 Å². The smallest absolute Gasteiger partial charge is 0.318 e. The first-order valence-corrected chi connectivity index (χ1v) is 8.30. The molecule has 1 amide bonds. The summed E-state index contributed by atoms with van der Waals surface area (Å²) < 4.78 is 16.1. The van der Waals surface area contributed by atoms with Gasteiger partial charge < -0.3 is 23.4 Å². The quantitative estimate of drug-likeness (QED) is 0.711. The molecule has 0 N–H and O–H groups in total. The molecule has 0 aliphatic carbocycles. The van der Waals surface area contributed by atoms with Gasteiger partial charge in [0.1, 0.15) is 5.75 Å². The number of carbonyl (C=O) groups excluding carboxylic acids is 1. The lowest BCUT2D eigenvalue weighted by molar-refractivity contribution is 0.0713. The van der Waals surface area contributed by atoms with Gasteiger partial charge in [-0.05, 0) is 36.4 Å². The third-order valence-corrected chi connectivity index (χ3v) is 4.32. The van der Waals surface area contributed by atoms with E-state index in [0.717, 1.165) is 11.3 Å². The molecule has 2 aromatic heterocycles. The molecule has 1 saturated heterocycles. The number of rotatable bonds is 4. The SMILES string of the molecule is COc1ccc(-c2nnc(N3CCN(C(=O)c4ccco4)CC3)o2)cc1. The van der Waals surface area contributed by atoms with Crippen molar-refractivity contribution < 1.29 is 18.4 Å². The normalized spacial score (nSPS) is 14.5. The molecule has 8 nitrogen and oxygen atoms in total. The Balaban J connectivity index is 1.40. The first kappa shape index (κ1) is 16.2. The highest BCUT2D eigenvalue weighted by Crippen LogP contribution is 2.24. The Bertz CT molecular complexity index is 865. The molecule has 134 valence electrons. The summed E-state index contributed by atoms with van der Waals surface area (Å²) in [5, 5.41) is 8.25. The van der Waals surface area contributed by atoms with Gasteiger partial charge >= 0.3 is 6.01 Å². The fraction of sp³-hybridized carbons (Fsp3) is 0.278. The first-order chi connectivity index (χ1) is 12.7. The summed E-state index contributed by atoms with van der Waals surface area (Å²) >= 11 is 0. The Morgan fingerprint density at radius 2 is 1.85 bits per heavy atom. The van der Waals surface area contributed by atoms with E-state index in [1.807, 2.05) is 29.2 Å². The van der Waals surface area contributed by atoms with E-state index >= 15 is 0 Å². The Labute approximate surface area is 150 Å². The molecular formula is C18H18N4O4. The number of methoxy groups -OCH3 is 1. The van der Waals surface area contributed by atoms with E-state index < -0.39 is 0 Å². The van der Waals surface area contributed by atoms with Gasteiger partial charge in [-0.3, -0.25) is 4.79 Å². The number of ether oxygens (including phenoxy) is 1. The number of carbonyl (C=O) groups is 1. The summed E-state index contributed by atoms with van der Waals surface area (Å²) in [6, 6.07) is 11.3. The minimum Gasteiger partial charge on any atom is -0.497 e. The molecule has 0 radical (unpaired) electrons. The van der Waals surface area contributed by atoms with E-state index in [1.165, 1.54) is 6.26 Å². The largest absolute Gasteiger partial charge is 0.497 e. The van der Waals surface area contributed by atoms with Gasteiger partial charge in [0.05, 0.1) is 13.4 Å². The fourth-order valence-corrected chi connectivity index (χ4v) is 2.85. The molecule has 26 heavy (non-hydrogen) atoms. The molecule has 3 aromatic rings. The summed E-state index contributed by atoms with van der Waals surface area (Å²) in [6.07, 6.45) is 1.50. The standard InChI is InChI=1S/C18H18N4O4/c1-24-14-6-4-13(5-7-14)16-19-20-18(26-16)22-10-8-21(9-11-22)17(23)15-3-2-12-25-15/h2-7,12H,8-11H2,1H3.